The molecule has 0 fully saturated rings. The minimum absolute atomic E-state index is 0.656. The van der Waals surface area contributed by atoms with Crippen molar-refractivity contribution in [2.45, 2.75) is 5.75 Å². The maximum atomic E-state index is 5.62. The number of benzene rings is 1. The van der Waals surface area contributed by atoms with Gasteiger partial charge in [-0.2, -0.15) is 4.98 Å². The predicted octanol–water partition coefficient (Wildman–Crippen LogP) is 4.11. The Hall–Kier alpha value is -1.79. The predicted molar refractivity (Wildman–Crippen MR) is 85.7 cm³/mol. The molecule has 2 aromatic heterocycles. The third kappa shape index (κ3) is 4.09. The average Bonchev–Trinajstić information content (AvgIpc) is 3.19. The quantitative estimate of drug-likeness (QED) is 0.614. The molecule has 108 valence electrons. The second kappa shape index (κ2) is 7.28. The Morgan fingerprint density at radius 2 is 2.05 bits per heavy atom. The number of ether oxygens (including phenoxy) is 1. The highest BCUT2D eigenvalue weighted by atomic mass is 32.2. The number of nitrogens with zero attached hydrogens (tertiary/aromatic N) is 2. The maximum absolute atomic E-state index is 5.62. The second-order valence-electron chi connectivity index (χ2n) is 4.20. The Bertz CT molecular complexity index is 653. The van der Waals surface area contributed by atoms with Gasteiger partial charge in [0.25, 0.3) is 0 Å². The summed E-state index contributed by atoms with van der Waals surface area (Å²) in [5, 5.41) is 5.99. The maximum Gasteiger partial charge on any atom is 0.236 e. The molecule has 0 saturated carbocycles. The molecule has 4 nitrogen and oxygen atoms in total. The van der Waals surface area contributed by atoms with Crippen molar-refractivity contribution in [3.8, 4) is 16.5 Å². The number of rotatable bonds is 7. The molecule has 0 saturated heterocycles. The van der Waals surface area contributed by atoms with Gasteiger partial charge in [0, 0.05) is 5.75 Å². The second-order valence-corrected chi connectivity index (χ2v) is 6.26. The van der Waals surface area contributed by atoms with E-state index in [2.05, 4.69) is 10.1 Å². The molecule has 21 heavy (non-hydrogen) atoms. The minimum Gasteiger partial charge on any atom is -0.493 e. The summed E-state index contributed by atoms with van der Waals surface area (Å²) in [5.41, 5.74) is 0. The standard InChI is InChI=1S/C15H14N2O2S2/c1-2-5-12(6-3-1)18-8-10-20-11-14-16-15(17-19-14)13-7-4-9-21-13/h1-7,9H,8,10-11H2. The molecule has 0 amide bonds. The van der Waals surface area contributed by atoms with Gasteiger partial charge in [-0.3, -0.25) is 0 Å². The molecule has 0 atom stereocenters. The number of aromatic nitrogens is 2. The van der Waals surface area contributed by atoms with Crippen LogP contribution in [0.5, 0.6) is 5.75 Å². The van der Waals surface area contributed by atoms with Crippen LogP contribution in [0.1, 0.15) is 5.89 Å². The van der Waals surface area contributed by atoms with Crippen molar-refractivity contribution in [3.05, 3.63) is 53.7 Å². The average molecular weight is 318 g/mol. The molecule has 3 rings (SSSR count). The van der Waals surface area contributed by atoms with Crippen LogP contribution in [0, 0.1) is 0 Å². The fourth-order valence-electron chi connectivity index (χ4n) is 1.71. The van der Waals surface area contributed by atoms with E-state index in [0.29, 0.717) is 24.1 Å². The van der Waals surface area contributed by atoms with E-state index in [1.54, 1.807) is 23.1 Å². The van der Waals surface area contributed by atoms with Gasteiger partial charge in [-0.05, 0) is 23.6 Å². The van der Waals surface area contributed by atoms with E-state index in [0.717, 1.165) is 16.4 Å². The van der Waals surface area contributed by atoms with Crippen LogP contribution in [0.2, 0.25) is 0 Å². The van der Waals surface area contributed by atoms with Gasteiger partial charge in [-0.1, -0.05) is 29.4 Å². The van der Waals surface area contributed by atoms with Gasteiger partial charge in [0.2, 0.25) is 11.7 Å². The highest BCUT2D eigenvalue weighted by molar-refractivity contribution is 7.98. The van der Waals surface area contributed by atoms with E-state index in [1.807, 2.05) is 47.8 Å². The van der Waals surface area contributed by atoms with E-state index >= 15 is 0 Å². The largest absolute Gasteiger partial charge is 0.493 e. The van der Waals surface area contributed by atoms with Crippen molar-refractivity contribution in [2.24, 2.45) is 0 Å². The molecule has 0 N–H and O–H groups in total. The summed E-state index contributed by atoms with van der Waals surface area (Å²) in [4.78, 5) is 5.41. The van der Waals surface area contributed by atoms with Crippen LogP contribution in [-0.4, -0.2) is 22.5 Å². The summed E-state index contributed by atoms with van der Waals surface area (Å²) < 4.78 is 10.9. The third-order valence-corrected chi connectivity index (χ3v) is 4.45. The van der Waals surface area contributed by atoms with Gasteiger partial charge in [0.1, 0.15) is 5.75 Å². The molecule has 1 aromatic carbocycles. The van der Waals surface area contributed by atoms with Gasteiger partial charge >= 0.3 is 0 Å². The Morgan fingerprint density at radius 3 is 2.86 bits per heavy atom. The molecule has 2 heterocycles. The van der Waals surface area contributed by atoms with Crippen LogP contribution >= 0.6 is 23.1 Å². The molecule has 0 radical (unpaired) electrons. The monoisotopic (exact) mass is 318 g/mol. The van der Waals surface area contributed by atoms with Crippen molar-refractivity contribution in [1.82, 2.24) is 10.1 Å². The van der Waals surface area contributed by atoms with E-state index in [-0.39, 0.29) is 0 Å². The van der Waals surface area contributed by atoms with Gasteiger partial charge in [-0.25, -0.2) is 0 Å². The van der Waals surface area contributed by atoms with Crippen LogP contribution in [0.25, 0.3) is 10.7 Å². The molecule has 0 spiro atoms. The summed E-state index contributed by atoms with van der Waals surface area (Å²) in [6.45, 7) is 0.667. The minimum atomic E-state index is 0.656. The fourth-order valence-corrected chi connectivity index (χ4v) is 3.00. The summed E-state index contributed by atoms with van der Waals surface area (Å²) in [7, 11) is 0. The molecular formula is C15H14N2O2S2. The lowest BCUT2D eigenvalue weighted by atomic mass is 10.3. The first-order chi connectivity index (χ1) is 10.4. The SMILES string of the molecule is c1ccc(OCCSCc2nc(-c3cccs3)no2)cc1. The highest BCUT2D eigenvalue weighted by Gasteiger charge is 2.09. The number of hydrogen-bond donors (Lipinski definition) is 0. The molecule has 3 aromatic rings. The van der Waals surface area contributed by atoms with Crippen LogP contribution in [0.4, 0.5) is 0 Å². The number of thiophene rings is 1. The summed E-state index contributed by atoms with van der Waals surface area (Å²) >= 11 is 3.33. The van der Waals surface area contributed by atoms with Gasteiger partial charge < -0.3 is 9.26 Å². The Morgan fingerprint density at radius 1 is 1.14 bits per heavy atom. The molecule has 0 bridgehead atoms. The third-order valence-electron chi connectivity index (χ3n) is 2.67. The highest BCUT2D eigenvalue weighted by Crippen LogP contribution is 2.22. The molecule has 0 aliphatic carbocycles. The molecule has 6 heteroatoms. The Kier molecular flexibility index (Phi) is 4.91. The first-order valence-electron chi connectivity index (χ1n) is 6.54. The lowest BCUT2D eigenvalue weighted by Gasteiger charge is -2.04. The lowest BCUT2D eigenvalue weighted by Crippen LogP contribution is -2.00. The molecule has 0 aliphatic heterocycles. The molecule has 0 unspecified atom stereocenters. The van der Waals surface area contributed by atoms with Crippen molar-refractivity contribution in [3.63, 3.8) is 0 Å². The van der Waals surface area contributed by atoms with Crippen LogP contribution in [-0.2, 0) is 5.75 Å². The fraction of sp³-hybridized carbons (Fsp3) is 0.200. The van der Waals surface area contributed by atoms with E-state index < -0.39 is 0 Å². The topological polar surface area (TPSA) is 48.2 Å². The van der Waals surface area contributed by atoms with E-state index in [9.17, 15) is 0 Å². The first kappa shape index (κ1) is 14.2. The lowest BCUT2D eigenvalue weighted by molar-refractivity contribution is 0.343. The zero-order valence-corrected chi connectivity index (χ0v) is 12.9. The molecular weight excluding hydrogens is 304 g/mol. The summed E-state index contributed by atoms with van der Waals surface area (Å²) in [5.74, 6) is 3.81. The zero-order chi connectivity index (χ0) is 14.3. The van der Waals surface area contributed by atoms with E-state index in [4.69, 9.17) is 9.26 Å². The van der Waals surface area contributed by atoms with Gasteiger partial charge in [0.05, 0.1) is 17.2 Å². The normalized spacial score (nSPS) is 10.7. The number of para-hydroxylation sites is 1. The van der Waals surface area contributed by atoms with Gasteiger partial charge in [-0.15, -0.1) is 23.1 Å². The Labute approximate surface area is 131 Å². The van der Waals surface area contributed by atoms with Crippen molar-refractivity contribution in [1.29, 1.82) is 0 Å². The Balaban J connectivity index is 1.40. The molecule has 0 aliphatic rings. The van der Waals surface area contributed by atoms with Crippen LogP contribution < -0.4 is 4.74 Å². The first-order valence-corrected chi connectivity index (χ1v) is 8.57. The van der Waals surface area contributed by atoms with E-state index in [1.165, 1.54) is 0 Å². The summed E-state index contributed by atoms with van der Waals surface area (Å²) in [6, 6.07) is 13.8. The van der Waals surface area contributed by atoms with Crippen LogP contribution in [0.3, 0.4) is 0 Å². The van der Waals surface area contributed by atoms with Crippen molar-refractivity contribution < 1.29 is 9.26 Å². The summed E-state index contributed by atoms with van der Waals surface area (Å²) in [6.07, 6.45) is 0. The zero-order valence-electron chi connectivity index (χ0n) is 11.3. The van der Waals surface area contributed by atoms with Crippen molar-refractivity contribution in [2.75, 3.05) is 12.4 Å². The van der Waals surface area contributed by atoms with Crippen LogP contribution in [0.15, 0.2) is 52.4 Å². The number of hydrogen-bond acceptors (Lipinski definition) is 6. The van der Waals surface area contributed by atoms with Gasteiger partial charge in [0.15, 0.2) is 0 Å². The smallest absolute Gasteiger partial charge is 0.236 e. The number of thioether (sulfide) groups is 1. The van der Waals surface area contributed by atoms with Crippen molar-refractivity contribution >= 4 is 23.1 Å².